The van der Waals surface area contributed by atoms with Gasteiger partial charge in [0, 0.05) is 21.5 Å². The molecule has 6 heteroatoms. The quantitative estimate of drug-likeness (QED) is 0.587. The van der Waals surface area contributed by atoms with Crippen molar-refractivity contribution in [2.45, 2.75) is 51.0 Å². The third-order valence-electron chi connectivity index (χ3n) is 3.04. The van der Waals surface area contributed by atoms with E-state index in [1.807, 2.05) is 19.9 Å². The molecule has 0 amide bonds. The van der Waals surface area contributed by atoms with Crippen LogP contribution in [0, 0.1) is 0 Å². The molecule has 0 fully saturated rings. The van der Waals surface area contributed by atoms with Gasteiger partial charge >= 0.3 is 0 Å². The number of rotatable bonds is 7. The van der Waals surface area contributed by atoms with Crippen molar-refractivity contribution in [2.75, 3.05) is 6.54 Å². The van der Waals surface area contributed by atoms with Gasteiger partial charge in [0.1, 0.15) is 0 Å². The fraction of sp³-hybridized carbons (Fsp3) is 0.571. The van der Waals surface area contributed by atoms with Gasteiger partial charge in [-0.15, -0.1) is 0 Å². The number of hydrogen-bond donors (Lipinski definition) is 0. The van der Waals surface area contributed by atoms with Crippen LogP contribution in [0.25, 0.3) is 0 Å². The summed E-state index contributed by atoms with van der Waals surface area (Å²) in [6.07, 6.45) is 3.00. The van der Waals surface area contributed by atoms with Crippen LogP contribution in [0.2, 0.25) is 0 Å². The van der Waals surface area contributed by atoms with Crippen molar-refractivity contribution in [2.24, 2.45) is 0 Å². The van der Waals surface area contributed by atoms with E-state index in [2.05, 4.69) is 38.8 Å². The SMILES string of the molecule is CCCCCN(C(C)C)S(=O)(=O)c1cc(Br)ccc1Br. The largest absolute Gasteiger partial charge is 0.244 e. The molecular formula is C14H21Br2NO2S. The predicted octanol–water partition coefficient (Wildman–Crippen LogP) is 4.80. The number of nitrogens with zero attached hydrogens (tertiary/aromatic N) is 1. The minimum absolute atomic E-state index is 0.0530. The molecule has 1 rings (SSSR count). The summed E-state index contributed by atoms with van der Waals surface area (Å²) in [5, 5.41) is 0. The Balaban J connectivity index is 3.12. The molecule has 0 bridgehead atoms. The Hall–Kier alpha value is 0.0900. The maximum atomic E-state index is 12.8. The zero-order valence-corrected chi connectivity index (χ0v) is 16.1. The van der Waals surface area contributed by atoms with Crippen molar-refractivity contribution in [1.82, 2.24) is 4.31 Å². The number of sulfonamides is 1. The summed E-state index contributed by atoms with van der Waals surface area (Å²) in [5.74, 6) is 0. The van der Waals surface area contributed by atoms with Crippen molar-refractivity contribution in [3.63, 3.8) is 0 Å². The van der Waals surface area contributed by atoms with E-state index in [0.29, 0.717) is 15.9 Å². The smallest absolute Gasteiger partial charge is 0.207 e. The van der Waals surface area contributed by atoms with E-state index in [1.165, 1.54) is 0 Å². The molecule has 0 atom stereocenters. The fourth-order valence-electron chi connectivity index (χ4n) is 1.97. The molecule has 3 nitrogen and oxygen atoms in total. The number of hydrogen-bond acceptors (Lipinski definition) is 2. The highest BCUT2D eigenvalue weighted by Crippen LogP contribution is 2.29. The minimum Gasteiger partial charge on any atom is -0.207 e. The van der Waals surface area contributed by atoms with E-state index in [-0.39, 0.29) is 6.04 Å². The highest BCUT2D eigenvalue weighted by atomic mass is 79.9. The van der Waals surface area contributed by atoms with Gasteiger partial charge in [0.05, 0.1) is 4.90 Å². The Bertz CT molecular complexity index is 544. The van der Waals surface area contributed by atoms with Gasteiger partial charge in [-0.05, 0) is 54.4 Å². The number of unbranched alkanes of at least 4 members (excludes halogenated alkanes) is 2. The second-order valence-corrected chi connectivity index (χ2v) is 8.62. The average molecular weight is 427 g/mol. The van der Waals surface area contributed by atoms with Crippen LogP contribution in [0.15, 0.2) is 32.0 Å². The summed E-state index contributed by atoms with van der Waals surface area (Å²) in [5.41, 5.74) is 0. The van der Waals surface area contributed by atoms with E-state index in [9.17, 15) is 8.42 Å². The van der Waals surface area contributed by atoms with E-state index in [1.54, 1.807) is 16.4 Å². The second kappa shape index (κ2) is 7.92. The van der Waals surface area contributed by atoms with Crippen molar-refractivity contribution < 1.29 is 8.42 Å². The normalized spacial score (nSPS) is 12.3. The molecule has 0 unspecified atom stereocenters. The van der Waals surface area contributed by atoms with Gasteiger partial charge < -0.3 is 0 Å². The van der Waals surface area contributed by atoms with Crippen molar-refractivity contribution >= 4 is 41.9 Å². The monoisotopic (exact) mass is 425 g/mol. The third kappa shape index (κ3) is 4.55. The predicted molar refractivity (Wildman–Crippen MR) is 90.4 cm³/mol. The van der Waals surface area contributed by atoms with Gasteiger partial charge in [-0.25, -0.2) is 8.42 Å². The summed E-state index contributed by atoms with van der Waals surface area (Å²) < 4.78 is 28.6. The zero-order chi connectivity index (χ0) is 15.3. The molecule has 0 heterocycles. The van der Waals surface area contributed by atoms with E-state index in [4.69, 9.17) is 0 Å². The Morgan fingerprint density at radius 3 is 2.40 bits per heavy atom. The lowest BCUT2D eigenvalue weighted by atomic mass is 10.2. The van der Waals surface area contributed by atoms with Crippen LogP contribution in [0.5, 0.6) is 0 Å². The van der Waals surface area contributed by atoms with Gasteiger partial charge in [0.25, 0.3) is 0 Å². The van der Waals surface area contributed by atoms with Crippen molar-refractivity contribution in [3.8, 4) is 0 Å². The van der Waals surface area contributed by atoms with Crippen LogP contribution in [0.3, 0.4) is 0 Å². The molecule has 1 aromatic rings. The average Bonchev–Trinajstić information content (AvgIpc) is 2.36. The molecule has 0 spiro atoms. The summed E-state index contributed by atoms with van der Waals surface area (Å²) >= 11 is 6.67. The molecule has 0 saturated carbocycles. The molecule has 114 valence electrons. The highest BCUT2D eigenvalue weighted by Gasteiger charge is 2.28. The molecule has 0 N–H and O–H groups in total. The third-order valence-corrected chi connectivity index (χ3v) is 6.60. The molecular weight excluding hydrogens is 406 g/mol. The van der Waals surface area contributed by atoms with E-state index < -0.39 is 10.0 Å². The molecule has 0 aromatic heterocycles. The molecule has 0 aliphatic rings. The van der Waals surface area contributed by atoms with E-state index in [0.717, 1.165) is 23.7 Å². The molecule has 0 aliphatic carbocycles. The topological polar surface area (TPSA) is 37.4 Å². The standard InChI is InChI=1S/C14H21Br2NO2S/c1-4-5-6-9-17(11(2)3)20(18,19)14-10-12(15)7-8-13(14)16/h7-8,10-11H,4-6,9H2,1-3H3. The lowest BCUT2D eigenvalue weighted by Gasteiger charge is -2.26. The Kier molecular flexibility index (Phi) is 7.18. The lowest BCUT2D eigenvalue weighted by Crippen LogP contribution is -2.37. The van der Waals surface area contributed by atoms with Crippen LogP contribution in [0.1, 0.15) is 40.0 Å². The van der Waals surface area contributed by atoms with Gasteiger partial charge in [0.2, 0.25) is 10.0 Å². The second-order valence-electron chi connectivity index (χ2n) is 4.99. The maximum Gasteiger partial charge on any atom is 0.244 e. The summed E-state index contributed by atoms with van der Waals surface area (Å²) in [6.45, 7) is 6.50. The summed E-state index contributed by atoms with van der Waals surface area (Å²) in [7, 11) is -3.48. The fourth-order valence-corrected chi connectivity index (χ4v) is 5.12. The van der Waals surface area contributed by atoms with Gasteiger partial charge in [0.15, 0.2) is 0 Å². The van der Waals surface area contributed by atoms with Crippen molar-refractivity contribution in [1.29, 1.82) is 0 Å². The van der Waals surface area contributed by atoms with Gasteiger partial charge in [-0.1, -0.05) is 35.7 Å². The van der Waals surface area contributed by atoms with Crippen LogP contribution >= 0.6 is 31.9 Å². The van der Waals surface area contributed by atoms with Crippen molar-refractivity contribution in [3.05, 3.63) is 27.1 Å². The first kappa shape index (κ1) is 18.1. The van der Waals surface area contributed by atoms with Gasteiger partial charge in [-0.3, -0.25) is 0 Å². The van der Waals surface area contributed by atoms with Crippen LogP contribution < -0.4 is 0 Å². The first-order chi connectivity index (χ1) is 9.30. The van der Waals surface area contributed by atoms with E-state index >= 15 is 0 Å². The first-order valence-electron chi connectivity index (χ1n) is 6.77. The first-order valence-corrected chi connectivity index (χ1v) is 9.80. The minimum atomic E-state index is -3.48. The molecule has 0 radical (unpaired) electrons. The number of halogens is 2. The maximum absolute atomic E-state index is 12.8. The molecule has 0 aliphatic heterocycles. The molecule has 1 aromatic carbocycles. The van der Waals surface area contributed by atoms with Crippen LogP contribution in [0.4, 0.5) is 0 Å². The molecule has 20 heavy (non-hydrogen) atoms. The number of benzene rings is 1. The van der Waals surface area contributed by atoms with Gasteiger partial charge in [-0.2, -0.15) is 4.31 Å². The van der Waals surface area contributed by atoms with Crippen LogP contribution in [-0.4, -0.2) is 25.3 Å². The summed E-state index contributed by atoms with van der Waals surface area (Å²) in [6, 6.07) is 5.17. The zero-order valence-electron chi connectivity index (χ0n) is 12.1. The highest BCUT2D eigenvalue weighted by molar-refractivity contribution is 9.11. The lowest BCUT2D eigenvalue weighted by molar-refractivity contribution is 0.345. The Morgan fingerprint density at radius 1 is 1.20 bits per heavy atom. The Labute approximate surface area is 139 Å². The Morgan fingerprint density at radius 2 is 1.85 bits per heavy atom. The molecule has 0 saturated heterocycles. The van der Waals surface area contributed by atoms with Crippen LogP contribution in [-0.2, 0) is 10.0 Å². The summed E-state index contributed by atoms with van der Waals surface area (Å²) in [4.78, 5) is 0.317.